The van der Waals surface area contributed by atoms with Gasteiger partial charge in [-0.25, -0.2) is 0 Å². The second-order valence-corrected chi connectivity index (χ2v) is 2.56. The van der Waals surface area contributed by atoms with Crippen LogP contribution >= 0.6 is 0 Å². The van der Waals surface area contributed by atoms with Gasteiger partial charge in [0.15, 0.2) is 0 Å². The Hall–Kier alpha value is -0.550. The van der Waals surface area contributed by atoms with Crippen LogP contribution in [0.4, 0.5) is 0 Å². The standard InChI is InChI=1S/C7H12N2/c8-4-1-5-9-6-7-2-3-7/h7,9H,1-3,5-6H2. The topological polar surface area (TPSA) is 35.8 Å². The molecular weight excluding hydrogens is 112 g/mol. The lowest BCUT2D eigenvalue weighted by atomic mass is 10.4. The van der Waals surface area contributed by atoms with E-state index in [-0.39, 0.29) is 0 Å². The number of nitrogens with one attached hydrogen (secondary N) is 1. The van der Waals surface area contributed by atoms with E-state index in [0.717, 1.165) is 19.0 Å². The predicted octanol–water partition coefficient (Wildman–Crippen LogP) is 0.900. The van der Waals surface area contributed by atoms with E-state index in [1.165, 1.54) is 12.8 Å². The van der Waals surface area contributed by atoms with Crippen molar-refractivity contribution in [1.29, 1.82) is 5.26 Å². The smallest absolute Gasteiger partial charge is 0.0635 e. The summed E-state index contributed by atoms with van der Waals surface area (Å²) in [5, 5.41) is 11.4. The second-order valence-electron chi connectivity index (χ2n) is 2.56. The summed E-state index contributed by atoms with van der Waals surface area (Å²) in [6.07, 6.45) is 3.42. The summed E-state index contributed by atoms with van der Waals surface area (Å²) in [6, 6.07) is 2.10. The van der Waals surface area contributed by atoms with Gasteiger partial charge in [0.2, 0.25) is 0 Å². The molecule has 2 heteroatoms. The van der Waals surface area contributed by atoms with Crippen molar-refractivity contribution in [2.75, 3.05) is 13.1 Å². The average molecular weight is 124 g/mol. The van der Waals surface area contributed by atoms with Crippen LogP contribution in [0.1, 0.15) is 19.3 Å². The van der Waals surface area contributed by atoms with Gasteiger partial charge in [0.05, 0.1) is 6.07 Å². The number of nitriles is 1. The van der Waals surface area contributed by atoms with Gasteiger partial charge in [-0.05, 0) is 25.3 Å². The van der Waals surface area contributed by atoms with Gasteiger partial charge in [-0.2, -0.15) is 5.26 Å². The van der Waals surface area contributed by atoms with Crippen molar-refractivity contribution >= 4 is 0 Å². The molecule has 1 saturated carbocycles. The third-order valence-corrected chi connectivity index (χ3v) is 1.54. The number of nitrogens with zero attached hydrogens (tertiary/aromatic N) is 1. The van der Waals surface area contributed by atoms with Crippen LogP contribution in [0.2, 0.25) is 0 Å². The zero-order valence-electron chi connectivity index (χ0n) is 5.56. The highest BCUT2D eigenvalue weighted by Gasteiger charge is 2.19. The van der Waals surface area contributed by atoms with Gasteiger partial charge in [0.25, 0.3) is 0 Å². The zero-order valence-corrected chi connectivity index (χ0v) is 5.56. The maximum atomic E-state index is 8.16. The van der Waals surface area contributed by atoms with Crippen molar-refractivity contribution in [3.63, 3.8) is 0 Å². The van der Waals surface area contributed by atoms with Crippen LogP contribution in [0.25, 0.3) is 0 Å². The first-order valence-corrected chi connectivity index (χ1v) is 3.51. The predicted molar refractivity (Wildman–Crippen MR) is 35.8 cm³/mol. The summed E-state index contributed by atoms with van der Waals surface area (Å²) in [7, 11) is 0. The normalized spacial score (nSPS) is 17.2. The molecule has 0 heterocycles. The molecule has 2 nitrogen and oxygen atoms in total. The molecule has 50 valence electrons. The maximum Gasteiger partial charge on any atom is 0.0635 e. The van der Waals surface area contributed by atoms with Crippen LogP contribution in [0, 0.1) is 17.2 Å². The molecule has 1 aliphatic rings. The molecule has 0 aromatic carbocycles. The van der Waals surface area contributed by atoms with E-state index in [9.17, 15) is 0 Å². The van der Waals surface area contributed by atoms with Crippen LogP contribution in [0.15, 0.2) is 0 Å². The molecule has 9 heavy (non-hydrogen) atoms. The number of hydrogen-bond donors (Lipinski definition) is 1. The summed E-state index contributed by atoms with van der Waals surface area (Å²) in [6.45, 7) is 1.99. The van der Waals surface area contributed by atoms with Crippen LogP contribution in [0.3, 0.4) is 0 Å². The maximum absolute atomic E-state index is 8.16. The first kappa shape index (κ1) is 6.57. The number of hydrogen-bond acceptors (Lipinski definition) is 2. The Balaban J connectivity index is 1.77. The lowest BCUT2D eigenvalue weighted by molar-refractivity contribution is 0.645. The van der Waals surface area contributed by atoms with Gasteiger partial charge in [-0.3, -0.25) is 0 Å². The summed E-state index contributed by atoms with van der Waals surface area (Å²) >= 11 is 0. The van der Waals surface area contributed by atoms with E-state index in [1.54, 1.807) is 0 Å². The van der Waals surface area contributed by atoms with E-state index in [4.69, 9.17) is 5.26 Å². The fraction of sp³-hybridized carbons (Fsp3) is 0.857. The van der Waals surface area contributed by atoms with E-state index >= 15 is 0 Å². The summed E-state index contributed by atoms with van der Waals surface area (Å²) in [5.74, 6) is 0.934. The molecule has 0 aromatic rings. The van der Waals surface area contributed by atoms with E-state index < -0.39 is 0 Å². The molecule has 0 saturated heterocycles. The summed E-state index contributed by atoms with van der Waals surface area (Å²) in [4.78, 5) is 0. The van der Waals surface area contributed by atoms with Gasteiger partial charge in [-0.15, -0.1) is 0 Å². The first-order valence-electron chi connectivity index (χ1n) is 3.51. The van der Waals surface area contributed by atoms with Gasteiger partial charge in [-0.1, -0.05) is 0 Å². The minimum Gasteiger partial charge on any atom is -0.315 e. The quantitative estimate of drug-likeness (QED) is 0.565. The summed E-state index contributed by atoms with van der Waals surface area (Å²) in [5.41, 5.74) is 0. The fourth-order valence-electron chi connectivity index (χ4n) is 0.772. The molecule has 0 spiro atoms. The molecule has 0 aliphatic heterocycles. The first-order chi connectivity index (χ1) is 4.43. The summed E-state index contributed by atoms with van der Waals surface area (Å²) < 4.78 is 0. The molecule has 1 aliphatic carbocycles. The molecule has 0 atom stereocenters. The van der Waals surface area contributed by atoms with E-state index in [2.05, 4.69) is 11.4 Å². The second kappa shape index (κ2) is 3.47. The SMILES string of the molecule is N#CCCNCC1CC1. The van der Waals surface area contributed by atoms with Crippen molar-refractivity contribution in [3.05, 3.63) is 0 Å². The van der Waals surface area contributed by atoms with E-state index in [0.29, 0.717) is 6.42 Å². The Morgan fingerprint density at radius 2 is 2.33 bits per heavy atom. The largest absolute Gasteiger partial charge is 0.315 e. The lowest BCUT2D eigenvalue weighted by Crippen LogP contribution is -2.17. The van der Waals surface area contributed by atoms with E-state index in [1.807, 2.05) is 0 Å². The minimum absolute atomic E-state index is 0.646. The molecule has 1 rings (SSSR count). The van der Waals surface area contributed by atoms with Crippen LogP contribution in [-0.2, 0) is 0 Å². The van der Waals surface area contributed by atoms with Gasteiger partial charge in [0.1, 0.15) is 0 Å². The van der Waals surface area contributed by atoms with Crippen LogP contribution in [0.5, 0.6) is 0 Å². The lowest BCUT2D eigenvalue weighted by Gasteiger charge is -1.96. The minimum atomic E-state index is 0.646. The third kappa shape index (κ3) is 3.10. The van der Waals surface area contributed by atoms with Crippen molar-refractivity contribution in [2.45, 2.75) is 19.3 Å². The van der Waals surface area contributed by atoms with Crippen LogP contribution < -0.4 is 5.32 Å². The van der Waals surface area contributed by atoms with Crippen molar-refractivity contribution in [3.8, 4) is 6.07 Å². The Labute approximate surface area is 55.9 Å². The van der Waals surface area contributed by atoms with Crippen molar-refractivity contribution in [2.24, 2.45) is 5.92 Å². The fourth-order valence-corrected chi connectivity index (χ4v) is 0.772. The third-order valence-electron chi connectivity index (χ3n) is 1.54. The highest BCUT2D eigenvalue weighted by Crippen LogP contribution is 2.27. The molecule has 0 aromatic heterocycles. The highest BCUT2D eigenvalue weighted by molar-refractivity contribution is 4.77. The Kier molecular flexibility index (Phi) is 2.53. The monoisotopic (exact) mass is 124 g/mol. The molecular formula is C7H12N2. The molecule has 0 amide bonds. The van der Waals surface area contributed by atoms with Gasteiger partial charge in [0, 0.05) is 13.0 Å². The molecule has 1 N–H and O–H groups in total. The average Bonchev–Trinajstić information content (AvgIpc) is 2.63. The molecule has 0 radical (unpaired) electrons. The van der Waals surface area contributed by atoms with Gasteiger partial charge < -0.3 is 5.32 Å². The Morgan fingerprint density at radius 3 is 2.89 bits per heavy atom. The molecule has 0 bridgehead atoms. The van der Waals surface area contributed by atoms with Crippen molar-refractivity contribution in [1.82, 2.24) is 5.32 Å². The Bertz CT molecular complexity index is 111. The van der Waals surface area contributed by atoms with Crippen LogP contribution in [-0.4, -0.2) is 13.1 Å². The Morgan fingerprint density at radius 1 is 1.56 bits per heavy atom. The molecule has 0 unspecified atom stereocenters. The van der Waals surface area contributed by atoms with Crippen molar-refractivity contribution < 1.29 is 0 Å². The highest BCUT2D eigenvalue weighted by atomic mass is 14.9. The molecule has 1 fully saturated rings. The number of rotatable bonds is 4. The van der Waals surface area contributed by atoms with Gasteiger partial charge >= 0.3 is 0 Å². The zero-order chi connectivity index (χ0) is 6.53.